The third kappa shape index (κ3) is 27.5. The van der Waals surface area contributed by atoms with Gasteiger partial charge in [-0.05, 0) is 12.8 Å². The highest BCUT2D eigenvalue weighted by Gasteiger charge is 2.01. The number of nitrogens with one attached hydrogen (secondary N) is 1. The summed E-state index contributed by atoms with van der Waals surface area (Å²) in [5.74, 6) is 0.274. The summed E-state index contributed by atoms with van der Waals surface area (Å²) in [7, 11) is 0. The monoisotopic (exact) mass is 451 g/mol. The fraction of sp³-hybridized carbons (Fsp3) is 0.967. The summed E-state index contributed by atoms with van der Waals surface area (Å²) in [5.41, 5.74) is 0. The van der Waals surface area contributed by atoms with Crippen molar-refractivity contribution in [3.05, 3.63) is 0 Å². The van der Waals surface area contributed by atoms with E-state index in [9.17, 15) is 4.79 Å². The molecule has 0 saturated heterocycles. The summed E-state index contributed by atoms with van der Waals surface area (Å²) in [5, 5.41) is 3.12. The van der Waals surface area contributed by atoms with Crippen LogP contribution in [0.5, 0.6) is 0 Å². The van der Waals surface area contributed by atoms with E-state index >= 15 is 0 Å². The Morgan fingerprint density at radius 2 is 0.688 bits per heavy atom. The number of unbranched alkanes of at least 4 members (excludes halogenated alkanes) is 23. The molecule has 2 nitrogen and oxygen atoms in total. The third-order valence-corrected chi connectivity index (χ3v) is 6.86. The molecule has 1 N–H and O–H groups in total. The van der Waals surface area contributed by atoms with Crippen molar-refractivity contribution < 1.29 is 4.79 Å². The summed E-state index contributed by atoms with van der Waals surface area (Å²) in [4.78, 5) is 11.9. The SMILES string of the molecule is CCCCCCCCCCCCCCCCCC(=O)NCCCCCCCCCCCC. The maximum absolute atomic E-state index is 11.9. The fourth-order valence-electron chi connectivity index (χ4n) is 4.59. The summed E-state index contributed by atoms with van der Waals surface area (Å²) in [6.45, 7) is 5.45. The molecule has 0 saturated carbocycles. The van der Waals surface area contributed by atoms with Crippen molar-refractivity contribution in [3.8, 4) is 0 Å². The minimum Gasteiger partial charge on any atom is -0.356 e. The molecule has 0 aliphatic heterocycles. The first-order valence-corrected chi connectivity index (χ1v) is 15.1. The van der Waals surface area contributed by atoms with Crippen LogP contribution in [0, 0.1) is 0 Å². The molecule has 0 heterocycles. The van der Waals surface area contributed by atoms with Gasteiger partial charge >= 0.3 is 0 Å². The Labute approximate surface area is 203 Å². The van der Waals surface area contributed by atoms with Crippen LogP contribution in [-0.2, 0) is 4.79 Å². The van der Waals surface area contributed by atoms with Crippen molar-refractivity contribution in [2.75, 3.05) is 6.54 Å². The highest BCUT2D eigenvalue weighted by atomic mass is 16.1. The topological polar surface area (TPSA) is 29.1 Å². The van der Waals surface area contributed by atoms with Crippen molar-refractivity contribution in [1.82, 2.24) is 5.32 Å². The number of hydrogen-bond donors (Lipinski definition) is 1. The van der Waals surface area contributed by atoms with E-state index in [4.69, 9.17) is 0 Å². The summed E-state index contributed by atoms with van der Waals surface area (Å²) in [6, 6.07) is 0. The van der Waals surface area contributed by atoms with Crippen LogP contribution in [0.1, 0.15) is 181 Å². The van der Waals surface area contributed by atoms with E-state index in [0.29, 0.717) is 0 Å². The van der Waals surface area contributed by atoms with Crippen LogP contribution in [0.15, 0.2) is 0 Å². The molecule has 0 aromatic carbocycles. The van der Waals surface area contributed by atoms with Gasteiger partial charge in [-0.1, -0.05) is 162 Å². The largest absolute Gasteiger partial charge is 0.356 e. The molecule has 0 spiro atoms. The Morgan fingerprint density at radius 3 is 1.03 bits per heavy atom. The number of carbonyl (C=O) groups is 1. The molecule has 0 fully saturated rings. The van der Waals surface area contributed by atoms with Gasteiger partial charge in [-0.25, -0.2) is 0 Å². The first-order chi connectivity index (χ1) is 15.8. The molecule has 0 bridgehead atoms. The van der Waals surface area contributed by atoms with Crippen molar-refractivity contribution >= 4 is 5.91 Å². The Morgan fingerprint density at radius 1 is 0.406 bits per heavy atom. The highest BCUT2D eigenvalue weighted by molar-refractivity contribution is 5.75. The van der Waals surface area contributed by atoms with Gasteiger partial charge in [0.1, 0.15) is 0 Å². The average Bonchev–Trinajstić information content (AvgIpc) is 2.80. The van der Waals surface area contributed by atoms with Crippen LogP contribution in [0.25, 0.3) is 0 Å². The minimum atomic E-state index is 0.274. The molecule has 0 aliphatic carbocycles. The lowest BCUT2D eigenvalue weighted by Crippen LogP contribution is -2.23. The second-order valence-corrected chi connectivity index (χ2v) is 10.2. The van der Waals surface area contributed by atoms with E-state index in [1.165, 1.54) is 148 Å². The van der Waals surface area contributed by atoms with Crippen molar-refractivity contribution in [2.24, 2.45) is 0 Å². The van der Waals surface area contributed by atoms with Gasteiger partial charge in [0.15, 0.2) is 0 Å². The molecule has 0 atom stereocenters. The first kappa shape index (κ1) is 31.5. The van der Waals surface area contributed by atoms with Gasteiger partial charge in [-0.2, -0.15) is 0 Å². The smallest absolute Gasteiger partial charge is 0.219 e. The normalized spacial score (nSPS) is 11.2. The van der Waals surface area contributed by atoms with Gasteiger partial charge in [0.25, 0.3) is 0 Å². The van der Waals surface area contributed by atoms with Gasteiger partial charge in [0.05, 0.1) is 0 Å². The maximum atomic E-state index is 11.9. The second kappa shape index (κ2) is 28.5. The molecule has 1 amide bonds. The van der Waals surface area contributed by atoms with Crippen LogP contribution < -0.4 is 5.32 Å². The summed E-state index contributed by atoms with van der Waals surface area (Å²) in [6.07, 6.45) is 34.9. The van der Waals surface area contributed by atoms with Crippen LogP contribution in [0.2, 0.25) is 0 Å². The first-order valence-electron chi connectivity index (χ1n) is 15.1. The van der Waals surface area contributed by atoms with Gasteiger partial charge in [-0.15, -0.1) is 0 Å². The van der Waals surface area contributed by atoms with E-state index in [1.54, 1.807) is 0 Å². The van der Waals surface area contributed by atoms with Gasteiger partial charge < -0.3 is 5.32 Å². The number of amides is 1. The number of rotatable bonds is 27. The quantitative estimate of drug-likeness (QED) is 0.124. The number of carbonyl (C=O) groups excluding carboxylic acids is 1. The molecule has 0 unspecified atom stereocenters. The molecule has 2 heteroatoms. The predicted octanol–water partition coefficient (Wildman–Crippen LogP) is 10.3. The van der Waals surface area contributed by atoms with Crippen LogP contribution >= 0.6 is 0 Å². The molecular weight excluding hydrogens is 390 g/mol. The lowest BCUT2D eigenvalue weighted by Gasteiger charge is -2.06. The van der Waals surface area contributed by atoms with E-state index in [1.807, 2.05) is 0 Å². The summed E-state index contributed by atoms with van der Waals surface area (Å²) >= 11 is 0. The lowest BCUT2D eigenvalue weighted by molar-refractivity contribution is -0.121. The molecule has 0 aromatic rings. The van der Waals surface area contributed by atoms with E-state index in [2.05, 4.69) is 19.2 Å². The Bertz CT molecular complexity index is 355. The van der Waals surface area contributed by atoms with Crippen molar-refractivity contribution in [1.29, 1.82) is 0 Å². The standard InChI is InChI=1S/C30H61NO/c1-3-5-7-9-11-13-15-16-17-18-19-20-22-24-26-28-30(32)31-29-27-25-23-21-14-12-10-8-6-4-2/h3-29H2,1-2H3,(H,31,32). The zero-order valence-corrected chi connectivity index (χ0v) is 22.5. The van der Waals surface area contributed by atoms with Crippen molar-refractivity contribution in [2.45, 2.75) is 181 Å². The van der Waals surface area contributed by atoms with E-state index < -0.39 is 0 Å². The van der Waals surface area contributed by atoms with Crippen LogP contribution in [-0.4, -0.2) is 12.5 Å². The lowest BCUT2D eigenvalue weighted by atomic mass is 10.0. The molecule has 0 radical (unpaired) electrons. The second-order valence-electron chi connectivity index (χ2n) is 10.2. The zero-order chi connectivity index (χ0) is 23.4. The van der Waals surface area contributed by atoms with Gasteiger partial charge in [0, 0.05) is 13.0 Å². The molecule has 0 aliphatic rings. The Balaban J connectivity index is 3.13. The average molecular weight is 452 g/mol. The number of hydrogen-bond acceptors (Lipinski definition) is 1. The summed E-state index contributed by atoms with van der Waals surface area (Å²) < 4.78 is 0. The van der Waals surface area contributed by atoms with Crippen LogP contribution in [0.4, 0.5) is 0 Å². The van der Waals surface area contributed by atoms with Crippen molar-refractivity contribution in [3.63, 3.8) is 0 Å². The zero-order valence-electron chi connectivity index (χ0n) is 22.5. The Kier molecular flexibility index (Phi) is 28.0. The van der Waals surface area contributed by atoms with Crippen LogP contribution in [0.3, 0.4) is 0 Å². The van der Waals surface area contributed by atoms with E-state index in [-0.39, 0.29) is 5.91 Å². The highest BCUT2D eigenvalue weighted by Crippen LogP contribution is 2.14. The molecule has 0 rings (SSSR count). The van der Waals surface area contributed by atoms with Gasteiger partial charge in [0.2, 0.25) is 5.91 Å². The fourth-order valence-corrected chi connectivity index (χ4v) is 4.59. The Hall–Kier alpha value is -0.530. The molecule has 192 valence electrons. The predicted molar refractivity (Wildman–Crippen MR) is 144 cm³/mol. The van der Waals surface area contributed by atoms with Gasteiger partial charge in [-0.3, -0.25) is 4.79 Å². The molecular formula is C30H61NO. The minimum absolute atomic E-state index is 0.274. The molecule has 32 heavy (non-hydrogen) atoms. The molecule has 0 aromatic heterocycles. The van der Waals surface area contributed by atoms with E-state index in [0.717, 1.165) is 25.8 Å². The maximum Gasteiger partial charge on any atom is 0.219 e. The third-order valence-electron chi connectivity index (χ3n) is 6.86.